The van der Waals surface area contributed by atoms with E-state index in [1.54, 1.807) is 7.05 Å². The van der Waals surface area contributed by atoms with Gasteiger partial charge in [0.1, 0.15) is 6.54 Å². The van der Waals surface area contributed by atoms with Crippen LogP contribution in [0.4, 0.5) is 13.2 Å². The number of nitrogens with one attached hydrogen (secondary N) is 2. The van der Waals surface area contributed by atoms with E-state index in [2.05, 4.69) is 22.5 Å². The van der Waals surface area contributed by atoms with Gasteiger partial charge in [0, 0.05) is 26.1 Å². The molecule has 2 atom stereocenters. The van der Waals surface area contributed by atoms with Crippen molar-refractivity contribution in [2.45, 2.75) is 32.0 Å². The SMILES string of the molecule is CN=C(NCC(=O)N(C)CC(F)(F)F)NC(C)C(C)c1ccccc1.I. The van der Waals surface area contributed by atoms with Crippen molar-refractivity contribution in [1.29, 1.82) is 0 Å². The summed E-state index contributed by atoms with van der Waals surface area (Å²) in [4.78, 5) is 16.4. The van der Waals surface area contributed by atoms with Crippen LogP contribution in [0.15, 0.2) is 35.3 Å². The van der Waals surface area contributed by atoms with Crippen LogP contribution in [-0.4, -0.2) is 56.2 Å². The zero-order chi connectivity index (χ0) is 19.0. The van der Waals surface area contributed by atoms with Crippen molar-refractivity contribution in [3.63, 3.8) is 0 Å². The Morgan fingerprint density at radius 2 is 1.81 bits per heavy atom. The molecule has 2 unspecified atom stereocenters. The van der Waals surface area contributed by atoms with Gasteiger partial charge in [0.05, 0.1) is 6.54 Å². The lowest BCUT2D eigenvalue weighted by molar-refractivity contribution is -0.157. The molecule has 0 spiro atoms. The van der Waals surface area contributed by atoms with E-state index < -0.39 is 18.6 Å². The molecule has 0 fully saturated rings. The molecule has 1 aromatic carbocycles. The fourth-order valence-corrected chi connectivity index (χ4v) is 2.23. The molecule has 2 N–H and O–H groups in total. The zero-order valence-corrected chi connectivity index (χ0v) is 17.6. The molecule has 1 rings (SSSR count). The fourth-order valence-electron chi connectivity index (χ4n) is 2.23. The number of benzene rings is 1. The molecule has 0 bridgehead atoms. The minimum absolute atomic E-state index is 0. The first kappa shape index (κ1) is 24.5. The molecule has 0 aliphatic carbocycles. The van der Waals surface area contributed by atoms with Crippen LogP contribution >= 0.6 is 24.0 Å². The Morgan fingerprint density at radius 1 is 1.23 bits per heavy atom. The van der Waals surface area contributed by atoms with Crippen LogP contribution in [-0.2, 0) is 4.79 Å². The van der Waals surface area contributed by atoms with Gasteiger partial charge in [-0.05, 0) is 12.5 Å². The lowest BCUT2D eigenvalue weighted by atomic mass is 9.94. The number of alkyl halides is 3. The number of nitrogens with zero attached hydrogens (tertiary/aromatic N) is 2. The number of carbonyl (C=O) groups is 1. The highest BCUT2D eigenvalue weighted by Crippen LogP contribution is 2.18. The zero-order valence-electron chi connectivity index (χ0n) is 15.3. The summed E-state index contributed by atoms with van der Waals surface area (Å²) in [6.07, 6.45) is -4.41. The van der Waals surface area contributed by atoms with Gasteiger partial charge in [-0.3, -0.25) is 9.79 Å². The topological polar surface area (TPSA) is 56.7 Å². The molecule has 0 heterocycles. The van der Waals surface area contributed by atoms with Gasteiger partial charge >= 0.3 is 6.18 Å². The Morgan fingerprint density at radius 3 is 2.31 bits per heavy atom. The minimum atomic E-state index is -4.41. The summed E-state index contributed by atoms with van der Waals surface area (Å²) in [5, 5.41) is 5.91. The molecule has 0 aromatic heterocycles. The number of guanidine groups is 1. The van der Waals surface area contributed by atoms with E-state index in [1.807, 2.05) is 37.3 Å². The molecule has 1 aromatic rings. The average Bonchev–Trinajstić information content (AvgIpc) is 2.56. The molecule has 26 heavy (non-hydrogen) atoms. The number of hydrogen-bond donors (Lipinski definition) is 2. The molecule has 0 aliphatic heterocycles. The Bertz CT molecular complexity index is 581. The van der Waals surface area contributed by atoms with Crippen molar-refractivity contribution in [2.75, 3.05) is 27.2 Å². The van der Waals surface area contributed by atoms with E-state index in [1.165, 1.54) is 0 Å². The Kier molecular flexibility index (Phi) is 10.6. The molecule has 0 saturated carbocycles. The van der Waals surface area contributed by atoms with Crippen molar-refractivity contribution in [3.05, 3.63) is 35.9 Å². The van der Waals surface area contributed by atoms with Crippen LogP contribution in [0, 0.1) is 0 Å². The number of aliphatic imine (C=N–C) groups is 1. The largest absolute Gasteiger partial charge is 0.406 e. The van der Waals surface area contributed by atoms with Crippen LogP contribution < -0.4 is 10.6 Å². The van der Waals surface area contributed by atoms with E-state index >= 15 is 0 Å². The quantitative estimate of drug-likeness (QED) is 0.370. The van der Waals surface area contributed by atoms with Crippen LogP contribution in [0.5, 0.6) is 0 Å². The van der Waals surface area contributed by atoms with Gasteiger partial charge < -0.3 is 15.5 Å². The van der Waals surface area contributed by atoms with Gasteiger partial charge in [-0.15, -0.1) is 24.0 Å². The smallest absolute Gasteiger partial charge is 0.353 e. The molecule has 5 nitrogen and oxygen atoms in total. The molecular weight excluding hydrogens is 460 g/mol. The number of halogens is 4. The molecule has 0 saturated heterocycles. The number of carbonyl (C=O) groups excluding carboxylic acids is 1. The molecular formula is C17H26F3IN4O. The maximum absolute atomic E-state index is 12.3. The summed E-state index contributed by atoms with van der Waals surface area (Å²) in [5.41, 5.74) is 1.15. The van der Waals surface area contributed by atoms with Crippen molar-refractivity contribution < 1.29 is 18.0 Å². The van der Waals surface area contributed by atoms with Crippen molar-refractivity contribution >= 4 is 35.8 Å². The summed E-state index contributed by atoms with van der Waals surface area (Å²) >= 11 is 0. The van der Waals surface area contributed by atoms with Crippen LogP contribution in [0.2, 0.25) is 0 Å². The van der Waals surface area contributed by atoms with Crippen molar-refractivity contribution in [1.82, 2.24) is 15.5 Å². The normalized spacial score (nSPS) is 14.0. The van der Waals surface area contributed by atoms with Crippen LogP contribution in [0.1, 0.15) is 25.3 Å². The summed E-state index contributed by atoms with van der Waals surface area (Å²) in [5.74, 6) is -0.114. The summed E-state index contributed by atoms with van der Waals surface area (Å²) in [7, 11) is 2.66. The van der Waals surface area contributed by atoms with Gasteiger partial charge in [-0.25, -0.2) is 0 Å². The fraction of sp³-hybridized carbons (Fsp3) is 0.529. The Hall–Kier alpha value is -1.52. The number of rotatable bonds is 6. The van der Waals surface area contributed by atoms with E-state index in [0.29, 0.717) is 10.9 Å². The van der Waals surface area contributed by atoms with Gasteiger partial charge in [-0.2, -0.15) is 13.2 Å². The predicted molar refractivity (Wildman–Crippen MR) is 108 cm³/mol. The predicted octanol–water partition coefficient (Wildman–Crippen LogP) is 2.98. The van der Waals surface area contributed by atoms with Crippen LogP contribution in [0.3, 0.4) is 0 Å². The van der Waals surface area contributed by atoms with E-state index in [0.717, 1.165) is 12.6 Å². The molecule has 0 radical (unpaired) electrons. The van der Waals surface area contributed by atoms with E-state index in [9.17, 15) is 18.0 Å². The number of hydrogen-bond acceptors (Lipinski definition) is 2. The number of amides is 1. The first-order valence-electron chi connectivity index (χ1n) is 7.97. The standard InChI is InChI=1S/C17H25F3N4O.HI/c1-12(14-8-6-5-7-9-14)13(2)23-16(21-3)22-10-15(25)24(4)11-17(18,19)20;/h5-9,12-13H,10-11H2,1-4H3,(H2,21,22,23);1H. The second kappa shape index (κ2) is 11.2. The average molecular weight is 486 g/mol. The lowest BCUT2D eigenvalue weighted by Gasteiger charge is -2.24. The third-order valence-corrected chi connectivity index (χ3v) is 3.91. The van der Waals surface area contributed by atoms with Gasteiger partial charge in [0.15, 0.2) is 5.96 Å². The highest BCUT2D eigenvalue weighted by Gasteiger charge is 2.31. The Balaban J connectivity index is 0.00000625. The second-order valence-corrected chi connectivity index (χ2v) is 5.92. The molecule has 1 amide bonds. The van der Waals surface area contributed by atoms with Crippen molar-refractivity contribution in [3.8, 4) is 0 Å². The third-order valence-electron chi connectivity index (χ3n) is 3.91. The third kappa shape index (κ3) is 8.72. The second-order valence-electron chi connectivity index (χ2n) is 5.92. The minimum Gasteiger partial charge on any atom is -0.353 e. The summed E-state index contributed by atoms with van der Waals surface area (Å²) in [6.45, 7) is 2.49. The lowest BCUT2D eigenvalue weighted by Crippen LogP contribution is -2.48. The number of likely N-dealkylation sites (N-methyl/N-ethyl adjacent to an activating group) is 1. The van der Waals surface area contributed by atoms with E-state index in [-0.39, 0.29) is 42.5 Å². The maximum atomic E-state index is 12.3. The highest BCUT2D eigenvalue weighted by atomic mass is 127. The molecule has 9 heteroatoms. The summed E-state index contributed by atoms with van der Waals surface area (Å²) in [6, 6.07) is 9.92. The maximum Gasteiger partial charge on any atom is 0.406 e. The summed E-state index contributed by atoms with van der Waals surface area (Å²) < 4.78 is 36.9. The van der Waals surface area contributed by atoms with Crippen LogP contribution in [0.25, 0.3) is 0 Å². The molecule has 148 valence electrons. The van der Waals surface area contributed by atoms with Gasteiger partial charge in [-0.1, -0.05) is 37.3 Å². The Labute approximate surface area is 169 Å². The van der Waals surface area contributed by atoms with E-state index in [4.69, 9.17) is 0 Å². The van der Waals surface area contributed by atoms with Gasteiger partial charge in [0.2, 0.25) is 5.91 Å². The monoisotopic (exact) mass is 486 g/mol. The van der Waals surface area contributed by atoms with Gasteiger partial charge in [0.25, 0.3) is 0 Å². The van der Waals surface area contributed by atoms with Crippen molar-refractivity contribution in [2.24, 2.45) is 4.99 Å². The first-order valence-corrected chi connectivity index (χ1v) is 7.97. The molecule has 0 aliphatic rings. The highest BCUT2D eigenvalue weighted by molar-refractivity contribution is 14.0. The first-order chi connectivity index (χ1) is 11.6.